The van der Waals surface area contributed by atoms with Crippen LogP contribution in [0, 0.1) is 5.92 Å². The molecule has 0 aliphatic carbocycles. The molecule has 92 valence electrons. The highest BCUT2D eigenvalue weighted by atomic mass is 14.6. The third-order valence-electron chi connectivity index (χ3n) is 3.12. The molecule has 0 aliphatic heterocycles. The molecule has 0 aliphatic rings. The van der Waals surface area contributed by atoms with Gasteiger partial charge in [-0.15, -0.1) is 0 Å². The number of hydrogen-bond acceptors (Lipinski definition) is 2. The van der Waals surface area contributed by atoms with Gasteiger partial charge in [0.25, 0.3) is 0 Å². The summed E-state index contributed by atoms with van der Waals surface area (Å²) in [6, 6.07) is 0. The molecule has 0 bridgehead atoms. The molecule has 0 saturated carbocycles. The number of rotatable bonds is 11. The first kappa shape index (κ1) is 14.9. The van der Waals surface area contributed by atoms with Gasteiger partial charge in [-0.2, -0.15) is 0 Å². The fraction of sp³-hybridized carbons (Fsp3) is 1.00. The third-order valence-corrected chi connectivity index (χ3v) is 3.12. The largest absolute Gasteiger partial charge is 0.330 e. The van der Waals surface area contributed by atoms with Crippen LogP contribution < -0.4 is 11.5 Å². The summed E-state index contributed by atoms with van der Waals surface area (Å²) in [5, 5.41) is 0. The number of unbranched alkanes of at least 4 members (excludes halogenated alkanes) is 6. The average molecular weight is 214 g/mol. The van der Waals surface area contributed by atoms with Gasteiger partial charge in [0.15, 0.2) is 0 Å². The molecule has 0 rings (SSSR count). The Kier molecular flexibility index (Phi) is 11.9. The molecule has 2 nitrogen and oxygen atoms in total. The van der Waals surface area contributed by atoms with Gasteiger partial charge in [0, 0.05) is 0 Å². The summed E-state index contributed by atoms with van der Waals surface area (Å²) in [5.74, 6) is 0.672. The molecule has 2 heteroatoms. The summed E-state index contributed by atoms with van der Waals surface area (Å²) in [5.41, 5.74) is 11.2. The van der Waals surface area contributed by atoms with Crippen LogP contribution in [-0.4, -0.2) is 13.1 Å². The van der Waals surface area contributed by atoms with Crippen LogP contribution in [0.4, 0.5) is 0 Å². The lowest BCUT2D eigenvalue weighted by molar-refractivity contribution is 0.436. The molecule has 0 amide bonds. The van der Waals surface area contributed by atoms with Crippen LogP contribution in [0.15, 0.2) is 0 Å². The molecule has 0 spiro atoms. The molecule has 0 heterocycles. The minimum absolute atomic E-state index is 0.672. The van der Waals surface area contributed by atoms with E-state index in [9.17, 15) is 0 Å². The first-order valence-corrected chi connectivity index (χ1v) is 6.75. The van der Waals surface area contributed by atoms with Gasteiger partial charge in [0.05, 0.1) is 0 Å². The smallest absolute Gasteiger partial charge is 0.00484 e. The molecule has 15 heavy (non-hydrogen) atoms. The van der Waals surface area contributed by atoms with Gasteiger partial charge in [-0.05, 0) is 31.8 Å². The molecular formula is C13H30N2. The lowest BCUT2D eigenvalue weighted by atomic mass is 9.97. The van der Waals surface area contributed by atoms with Gasteiger partial charge in [-0.25, -0.2) is 0 Å². The summed E-state index contributed by atoms with van der Waals surface area (Å²) >= 11 is 0. The summed E-state index contributed by atoms with van der Waals surface area (Å²) in [6.45, 7) is 3.87. The van der Waals surface area contributed by atoms with E-state index in [-0.39, 0.29) is 0 Å². The van der Waals surface area contributed by atoms with Crippen molar-refractivity contribution in [2.75, 3.05) is 13.1 Å². The number of nitrogens with two attached hydrogens (primary N) is 2. The van der Waals surface area contributed by atoms with E-state index >= 15 is 0 Å². The predicted molar refractivity (Wildman–Crippen MR) is 68.8 cm³/mol. The normalized spacial score (nSPS) is 13.0. The van der Waals surface area contributed by atoms with Gasteiger partial charge < -0.3 is 11.5 Å². The van der Waals surface area contributed by atoms with Crippen molar-refractivity contribution in [2.24, 2.45) is 17.4 Å². The Morgan fingerprint density at radius 1 is 0.800 bits per heavy atom. The minimum atomic E-state index is 0.672. The van der Waals surface area contributed by atoms with Gasteiger partial charge >= 0.3 is 0 Å². The SMILES string of the molecule is CCCCCCCCCC(CN)CCN. The molecular weight excluding hydrogens is 184 g/mol. The van der Waals surface area contributed by atoms with Crippen LogP contribution in [0.3, 0.4) is 0 Å². The van der Waals surface area contributed by atoms with Crippen LogP contribution >= 0.6 is 0 Å². The van der Waals surface area contributed by atoms with E-state index < -0.39 is 0 Å². The van der Waals surface area contributed by atoms with Crippen molar-refractivity contribution in [3.63, 3.8) is 0 Å². The van der Waals surface area contributed by atoms with E-state index in [0.29, 0.717) is 5.92 Å². The monoisotopic (exact) mass is 214 g/mol. The molecule has 0 saturated heterocycles. The second-order valence-electron chi connectivity index (χ2n) is 4.59. The van der Waals surface area contributed by atoms with Crippen molar-refractivity contribution >= 4 is 0 Å². The Balaban J connectivity index is 3.14. The zero-order chi connectivity index (χ0) is 11.4. The number of hydrogen-bond donors (Lipinski definition) is 2. The molecule has 0 aromatic heterocycles. The highest BCUT2D eigenvalue weighted by Crippen LogP contribution is 2.14. The van der Waals surface area contributed by atoms with Crippen LogP contribution in [0.5, 0.6) is 0 Å². The van der Waals surface area contributed by atoms with E-state index in [1.807, 2.05) is 0 Å². The van der Waals surface area contributed by atoms with Crippen molar-refractivity contribution in [1.82, 2.24) is 0 Å². The maximum Gasteiger partial charge on any atom is -0.00484 e. The van der Waals surface area contributed by atoms with Crippen LogP contribution in [0.2, 0.25) is 0 Å². The molecule has 1 atom stereocenters. The van der Waals surface area contributed by atoms with Crippen molar-refractivity contribution in [3.8, 4) is 0 Å². The standard InChI is InChI=1S/C13H30N2/c1-2-3-4-5-6-7-8-9-13(12-15)10-11-14/h13H,2-12,14-15H2,1H3. The average Bonchev–Trinajstić information content (AvgIpc) is 2.26. The molecule has 0 fully saturated rings. The van der Waals surface area contributed by atoms with Gasteiger partial charge in [-0.3, -0.25) is 0 Å². The quantitative estimate of drug-likeness (QED) is 0.519. The zero-order valence-corrected chi connectivity index (χ0v) is 10.5. The Bertz CT molecular complexity index is 115. The first-order chi connectivity index (χ1) is 7.35. The maximum atomic E-state index is 5.68. The predicted octanol–water partition coefficient (Wildman–Crippen LogP) is 3.05. The summed E-state index contributed by atoms with van der Waals surface area (Å²) < 4.78 is 0. The molecule has 4 N–H and O–H groups in total. The lowest BCUT2D eigenvalue weighted by Gasteiger charge is -2.12. The lowest BCUT2D eigenvalue weighted by Crippen LogP contribution is -2.18. The van der Waals surface area contributed by atoms with Crippen molar-refractivity contribution in [1.29, 1.82) is 0 Å². The zero-order valence-electron chi connectivity index (χ0n) is 10.5. The summed E-state index contributed by atoms with van der Waals surface area (Å²) in [7, 11) is 0. The van der Waals surface area contributed by atoms with Gasteiger partial charge in [0.1, 0.15) is 0 Å². The highest BCUT2D eigenvalue weighted by Gasteiger charge is 2.04. The molecule has 0 aromatic rings. The highest BCUT2D eigenvalue weighted by molar-refractivity contribution is 4.60. The fourth-order valence-electron chi connectivity index (χ4n) is 2.01. The van der Waals surface area contributed by atoms with Crippen LogP contribution in [0.1, 0.15) is 64.7 Å². The third kappa shape index (κ3) is 10.2. The Labute approximate surface area is 95.8 Å². The van der Waals surface area contributed by atoms with Crippen molar-refractivity contribution < 1.29 is 0 Å². The molecule has 1 unspecified atom stereocenters. The molecule has 0 aromatic carbocycles. The summed E-state index contributed by atoms with van der Waals surface area (Å²) in [4.78, 5) is 0. The maximum absolute atomic E-state index is 5.68. The van der Waals surface area contributed by atoms with Crippen molar-refractivity contribution in [3.05, 3.63) is 0 Å². The Morgan fingerprint density at radius 3 is 1.93 bits per heavy atom. The van der Waals surface area contributed by atoms with E-state index in [0.717, 1.165) is 19.5 Å². The van der Waals surface area contributed by atoms with E-state index in [4.69, 9.17) is 11.5 Å². The van der Waals surface area contributed by atoms with E-state index in [1.54, 1.807) is 0 Å². The second-order valence-corrected chi connectivity index (χ2v) is 4.59. The second kappa shape index (κ2) is 12.0. The van der Waals surface area contributed by atoms with E-state index in [1.165, 1.54) is 51.4 Å². The van der Waals surface area contributed by atoms with Gasteiger partial charge in [0.2, 0.25) is 0 Å². The van der Waals surface area contributed by atoms with Crippen LogP contribution in [0.25, 0.3) is 0 Å². The van der Waals surface area contributed by atoms with E-state index in [2.05, 4.69) is 6.92 Å². The minimum Gasteiger partial charge on any atom is -0.330 e. The van der Waals surface area contributed by atoms with Gasteiger partial charge in [-0.1, -0.05) is 51.9 Å². The Hall–Kier alpha value is -0.0800. The fourth-order valence-corrected chi connectivity index (χ4v) is 2.01. The summed E-state index contributed by atoms with van der Waals surface area (Å²) in [6.07, 6.45) is 12.1. The van der Waals surface area contributed by atoms with Crippen LogP contribution in [-0.2, 0) is 0 Å². The first-order valence-electron chi connectivity index (χ1n) is 6.75. The Morgan fingerprint density at radius 2 is 1.40 bits per heavy atom. The van der Waals surface area contributed by atoms with Crippen molar-refractivity contribution in [2.45, 2.75) is 64.7 Å². The molecule has 0 radical (unpaired) electrons. The topological polar surface area (TPSA) is 52.0 Å².